The second-order valence-corrected chi connectivity index (χ2v) is 2.31. The summed E-state index contributed by atoms with van der Waals surface area (Å²) in [6.45, 7) is 1.97. The largest absolute Gasteiger partial charge is 0.463 e. The van der Waals surface area contributed by atoms with Crippen LogP contribution in [0.15, 0.2) is 12.2 Å². The molecule has 0 aromatic rings. The molecule has 0 heterocycles. The van der Waals surface area contributed by atoms with E-state index in [9.17, 15) is 9.59 Å². The van der Waals surface area contributed by atoms with Crippen molar-refractivity contribution >= 4 is 11.9 Å². The Hall–Kier alpha value is -1.36. The van der Waals surface area contributed by atoms with E-state index < -0.39 is 11.9 Å². The highest BCUT2D eigenvalue weighted by Gasteiger charge is 2.00. The Morgan fingerprint density at radius 2 is 1.77 bits per heavy atom. The van der Waals surface area contributed by atoms with Gasteiger partial charge in [-0.25, -0.2) is 9.59 Å². The molecule has 0 bridgehead atoms. The van der Waals surface area contributed by atoms with Crippen LogP contribution in [0.1, 0.15) is 6.92 Å². The summed E-state index contributed by atoms with van der Waals surface area (Å²) in [4.78, 5) is 26.1. The standard InChI is InChI=1S/C8H13NO4/c1-4-12-7(10)5-6-8(11)13-9(2)3/h5-6H,4H2,1-3H3. The van der Waals surface area contributed by atoms with Gasteiger partial charge >= 0.3 is 11.9 Å². The lowest BCUT2D eigenvalue weighted by Crippen LogP contribution is -2.17. The normalized spacial score (nSPS) is 10.5. The van der Waals surface area contributed by atoms with E-state index >= 15 is 0 Å². The summed E-state index contributed by atoms with van der Waals surface area (Å²) in [7, 11) is 3.13. The molecule has 0 unspecified atom stereocenters. The van der Waals surface area contributed by atoms with Gasteiger partial charge in [-0.15, -0.1) is 5.06 Å². The number of carbonyl (C=O) groups excluding carboxylic acids is 2. The molecule has 0 aliphatic carbocycles. The third kappa shape index (κ3) is 7.02. The number of carbonyl (C=O) groups is 2. The molecule has 0 spiro atoms. The zero-order valence-electron chi connectivity index (χ0n) is 7.94. The number of nitrogens with zero attached hydrogens (tertiary/aromatic N) is 1. The first kappa shape index (κ1) is 11.6. The minimum Gasteiger partial charge on any atom is -0.463 e. The molecule has 0 aromatic heterocycles. The third-order valence-corrected chi connectivity index (χ3v) is 0.915. The number of hydrogen-bond acceptors (Lipinski definition) is 5. The Labute approximate surface area is 76.9 Å². The van der Waals surface area contributed by atoms with E-state index in [1.165, 1.54) is 5.06 Å². The van der Waals surface area contributed by atoms with Gasteiger partial charge in [0.1, 0.15) is 0 Å². The van der Waals surface area contributed by atoms with E-state index in [2.05, 4.69) is 9.57 Å². The van der Waals surface area contributed by atoms with Gasteiger partial charge < -0.3 is 9.57 Å². The van der Waals surface area contributed by atoms with Crippen LogP contribution in [0, 0.1) is 0 Å². The minimum atomic E-state index is -0.613. The van der Waals surface area contributed by atoms with Gasteiger partial charge in [-0.2, -0.15) is 0 Å². The van der Waals surface area contributed by atoms with Crippen molar-refractivity contribution in [2.24, 2.45) is 0 Å². The summed E-state index contributed by atoms with van der Waals surface area (Å²) in [5, 5.41) is 1.23. The molecule has 0 aliphatic heterocycles. The second kappa shape index (κ2) is 6.19. The Kier molecular flexibility index (Phi) is 5.54. The molecule has 0 fully saturated rings. The fraction of sp³-hybridized carbons (Fsp3) is 0.500. The second-order valence-electron chi connectivity index (χ2n) is 2.31. The maximum absolute atomic E-state index is 10.8. The van der Waals surface area contributed by atoms with Crippen molar-refractivity contribution in [1.29, 1.82) is 0 Å². The zero-order valence-corrected chi connectivity index (χ0v) is 7.94. The first-order chi connectivity index (χ1) is 6.06. The topological polar surface area (TPSA) is 55.8 Å². The lowest BCUT2D eigenvalue weighted by atomic mass is 10.5. The van der Waals surface area contributed by atoms with Gasteiger partial charge in [0, 0.05) is 26.2 Å². The summed E-state index contributed by atoms with van der Waals surface area (Å²) in [6.07, 6.45) is 2.04. The minimum absolute atomic E-state index is 0.284. The third-order valence-electron chi connectivity index (χ3n) is 0.915. The molecule has 0 amide bonds. The molecule has 0 N–H and O–H groups in total. The average Bonchev–Trinajstić information content (AvgIpc) is 2.00. The highest BCUT2D eigenvalue weighted by Crippen LogP contribution is 1.86. The molecular formula is C8H13NO4. The lowest BCUT2D eigenvalue weighted by Gasteiger charge is -2.06. The van der Waals surface area contributed by atoms with Gasteiger partial charge in [0.25, 0.3) is 0 Å². The predicted molar refractivity (Wildman–Crippen MR) is 45.6 cm³/mol. The van der Waals surface area contributed by atoms with Crippen molar-refractivity contribution in [3.63, 3.8) is 0 Å². The van der Waals surface area contributed by atoms with E-state index in [0.29, 0.717) is 0 Å². The number of ether oxygens (including phenoxy) is 1. The van der Waals surface area contributed by atoms with Gasteiger partial charge in [-0.05, 0) is 6.92 Å². The molecule has 74 valence electrons. The molecule has 0 saturated heterocycles. The molecule has 5 nitrogen and oxygen atoms in total. The molecule has 0 radical (unpaired) electrons. The number of esters is 1. The maximum atomic E-state index is 10.8. The van der Waals surface area contributed by atoms with Crippen LogP contribution in [0.3, 0.4) is 0 Å². The van der Waals surface area contributed by atoms with Crippen molar-refractivity contribution in [1.82, 2.24) is 5.06 Å². The Morgan fingerprint density at radius 1 is 1.23 bits per heavy atom. The van der Waals surface area contributed by atoms with E-state index in [-0.39, 0.29) is 6.61 Å². The molecular weight excluding hydrogens is 174 g/mol. The molecule has 5 heteroatoms. The van der Waals surface area contributed by atoms with E-state index in [1.807, 2.05) is 0 Å². The van der Waals surface area contributed by atoms with Crippen LogP contribution in [0.2, 0.25) is 0 Å². The van der Waals surface area contributed by atoms with Crippen molar-refractivity contribution in [2.75, 3.05) is 20.7 Å². The van der Waals surface area contributed by atoms with E-state index in [1.54, 1.807) is 21.0 Å². The van der Waals surface area contributed by atoms with Gasteiger partial charge in [0.15, 0.2) is 0 Å². The number of hydrogen-bond donors (Lipinski definition) is 0. The predicted octanol–water partition coefficient (Wildman–Crippen LogP) is 0.125. The average molecular weight is 187 g/mol. The fourth-order valence-corrected chi connectivity index (χ4v) is 0.537. The maximum Gasteiger partial charge on any atom is 0.349 e. The number of rotatable bonds is 4. The summed E-state index contributed by atoms with van der Waals surface area (Å²) < 4.78 is 4.55. The van der Waals surface area contributed by atoms with Gasteiger partial charge in [0.2, 0.25) is 0 Å². The van der Waals surface area contributed by atoms with Crippen molar-refractivity contribution in [3.05, 3.63) is 12.2 Å². The lowest BCUT2D eigenvalue weighted by molar-refractivity contribution is -0.171. The molecule has 0 rings (SSSR count). The first-order valence-corrected chi connectivity index (χ1v) is 3.80. The molecule has 0 saturated carbocycles. The van der Waals surface area contributed by atoms with Crippen LogP contribution in [0.5, 0.6) is 0 Å². The van der Waals surface area contributed by atoms with Crippen molar-refractivity contribution in [3.8, 4) is 0 Å². The Morgan fingerprint density at radius 3 is 2.23 bits per heavy atom. The van der Waals surface area contributed by atoms with Crippen LogP contribution in [0.4, 0.5) is 0 Å². The van der Waals surface area contributed by atoms with Crippen LogP contribution < -0.4 is 0 Å². The molecule has 0 aromatic carbocycles. The summed E-state index contributed by atoms with van der Waals surface area (Å²) >= 11 is 0. The highest BCUT2D eigenvalue weighted by molar-refractivity contribution is 5.91. The summed E-state index contributed by atoms with van der Waals surface area (Å²) in [5.74, 6) is -1.17. The van der Waals surface area contributed by atoms with Crippen molar-refractivity contribution in [2.45, 2.75) is 6.92 Å². The molecule has 13 heavy (non-hydrogen) atoms. The quantitative estimate of drug-likeness (QED) is 0.355. The Bertz CT molecular complexity index is 210. The molecule has 0 atom stereocenters. The van der Waals surface area contributed by atoms with Crippen molar-refractivity contribution < 1.29 is 19.2 Å². The highest BCUT2D eigenvalue weighted by atomic mass is 16.7. The van der Waals surface area contributed by atoms with Crippen LogP contribution in [-0.4, -0.2) is 37.7 Å². The zero-order chi connectivity index (χ0) is 10.3. The monoisotopic (exact) mass is 187 g/mol. The van der Waals surface area contributed by atoms with Crippen LogP contribution >= 0.6 is 0 Å². The summed E-state index contributed by atoms with van der Waals surface area (Å²) in [5.41, 5.74) is 0. The number of hydroxylamine groups is 2. The molecule has 0 aliphatic rings. The smallest absolute Gasteiger partial charge is 0.349 e. The van der Waals surface area contributed by atoms with E-state index in [4.69, 9.17) is 0 Å². The SMILES string of the molecule is CCOC(=O)C=CC(=O)ON(C)C. The van der Waals surface area contributed by atoms with Crippen LogP contribution in [-0.2, 0) is 19.2 Å². The summed E-state index contributed by atoms with van der Waals surface area (Å²) in [6, 6.07) is 0. The van der Waals surface area contributed by atoms with Gasteiger partial charge in [0.05, 0.1) is 6.61 Å². The first-order valence-electron chi connectivity index (χ1n) is 3.80. The fourth-order valence-electron chi connectivity index (χ4n) is 0.537. The van der Waals surface area contributed by atoms with Crippen LogP contribution in [0.25, 0.3) is 0 Å². The Balaban J connectivity index is 3.83. The van der Waals surface area contributed by atoms with E-state index in [0.717, 1.165) is 12.2 Å². The van der Waals surface area contributed by atoms with Gasteiger partial charge in [-0.3, -0.25) is 0 Å². The van der Waals surface area contributed by atoms with Gasteiger partial charge in [-0.1, -0.05) is 0 Å².